The summed E-state index contributed by atoms with van der Waals surface area (Å²) >= 11 is 2.77. The second kappa shape index (κ2) is 8.21. The first-order valence-electron chi connectivity index (χ1n) is 10.1. The summed E-state index contributed by atoms with van der Waals surface area (Å²) in [6.07, 6.45) is 0. The van der Waals surface area contributed by atoms with Gasteiger partial charge in [-0.2, -0.15) is 9.97 Å². The molecule has 0 bridgehead atoms. The first kappa shape index (κ1) is 21.0. The molecule has 5 rings (SSSR count). The van der Waals surface area contributed by atoms with Crippen LogP contribution in [0.25, 0.3) is 0 Å². The zero-order valence-corrected chi connectivity index (χ0v) is 18.8. The van der Waals surface area contributed by atoms with E-state index in [4.69, 9.17) is 4.74 Å². The Morgan fingerprint density at radius 2 is 1.44 bits per heavy atom. The Morgan fingerprint density at radius 3 is 1.91 bits per heavy atom. The number of thioether (sulfide) groups is 2. The predicted molar refractivity (Wildman–Crippen MR) is 120 cm³/mol. The summed E-state index contributed by atoms with van der Waals surface area (Å²) in [7, 11) is 0. The van der Waals surface area contributed by atoms with Crippen LogP contribution in [-0.4, -0.2) is 47.4 Å². The van der Waals surface area contributed by atoms with Gasteiger partial charge in [0.1, 0.15) is 5.75 Å². The van der Waals surface area contributed by atoms with Gasteiger partial charge in [-0.3, -0.25) is 18.7 Å². The molecule has 32 heavy (non-hydrogen) atoms. The molecular formula is C21H20N4O5S2. The lowest BCUT2D eigenvalue weighted by Gasteiger charge is -2.20. The lowest BCUT2D eigenvalue weighted by atomic mass is 9.86. The highest BCUT2D eigenvalue weighted by Crippen LogP contribution is 2.39. The van der Waals surface area contributed by atoms with Gasteiger partial charge in [0.15, 0.2) is 10.3 Å². The fourth-order valence-corrected chi connectivity index (χ4v) is 5.93. The summed E-state index contributed by atoms with van der Waals surface area (Å²) in [6.45, 7) is 3.28. The average Bonchev–Trinajstić information content (AvgIpc) is 3.43. The van der Waals surface area contributed by atoms with Crippen molar-refractivity contribution in [2.45, 2.75) is 36.2 Å². The zero-order valence-electron chi connectivity index (χ0n) is 17.1. The third-order valence-corrected chi connectivity index (χ3v) is 7.40. The number of benzene rings is 1. The van der Waals surface area contributed by atoms with Crippen molar-refractivity contribution >= 4 is 23.5 Å². The van der Waals surface area contributed by atoms with Crippen LogP contribution in [-0.2, 0) is 13.1 Å². The van der Waals surface area contributed by atoms with Gasteiger partial charge in [0.25, 0.3) is 11.1 Å². The van der Waals surface area contributed by atoms with E-state index >= 15 is 0 Å². The molecule has 0 spiro atoms. The summed E-state index contributed by atoms with van der Waals surface area (Å²) in [5, 5.41) is 22.4. The van der Waals surface area contributed by atoms with Crippen molar-refractivity contribution in [2.24, 2.45) is 0 Å². The van der Waals surface area contributed by atoms with Crippen LogP contribution in [0.3, 0.4) is 0 Å². The maximum Gasteiger partial charge on any atom is 0.262 e. The average molecular weight is 473 g/mol. The number of ether oxygens (including phenoxy) is 1. The molecule has 0 radical (unpaired) electrons. The fraction of sp³-hybridized carbons (Fsp3) is 0.333. The minimum Gasteiger partial charge on any atom is -0.494 e. The summed E-state index contributed by atoms with van der Waals surface area (Å²) < 4.78 is 8.49. The van der Waals surface area contributed by atoms with Crippen LogP contribution in [0.5, 0.6) is 17.5 Å². The Kier molecular flexibility index (Phi) is 5.38. The van der Waals surface area contributed by atoms with Gasteiger partial charge in [-0.25, -0.2) is 0 Å². The van der Waals surface area contributed by atoms with E-state index in [1.165, 1.54) is 32.7 Å². The number of fused-ring (bicyclic) bond motifs is 2. The van der Waals surface area contributed by atoms with Crippen LogP contribution in [0, 0.1) is 0 Å². The molecular weight excluding hydrogens is 452 g/mol. The molecule has 0 amide bonds. The zero-order chi connectivity index (χ0) is 22.4. The first-order chi connectivity index (χ1) is 15.5. The lowest BCUT2D eigenvalue weighted by Crippen LogP contribution is -2.32. The number of aromatic nitrogens is 4. The van der Waals surface area contributed by atoms with E-state index in [0.29, 0.717) is 52.8 Å². The smallest absolute Gasteiger partial charge is 0.262 e. The van der Waals surface area contributed by atoms with E-state index in [9.17, 15) is 19.8 Å². The third kappa shape index (κ3) is 3.36. The quantitative estimate of drug-likeness (QED) is 0.537. The Bertz CT molecular complexity index is 1240. The standard InChI is InChI=1S/C21H20N4O5S2/c1-2-30-12-5-3-11(4-6-12)13(14-16(26)22-20-24(18(14)28)7-9-31-20)15-17(27)23-21-25(19(15)29)8-10-32-21/h3-6,13,26-27H,2,7-10H2,1H3. The van der Waals surface area contributed by atoms with E-state index in [0.717, 1.165) is 0 Å². The van der Waals surface area contributed by atoms with E-state index in [1.54, 1.807) is 24.3 Å². The van der Waals surface area contributed by atoms with E-state index in [2.05, 4.69) is 9.97 Å². The molecule has 2 aliphatic rings. The lowest BCUT2D eigenvalue weighted by molar-refractivity contribution is 0.340. The van der Waals surface area contributed by atoms with Gasteiger partial charge < -0.3 is 14.9 Å². The van der Waals surface area contributed by atoms with Crippen LogP contribution in [0.2, 0.25) is 0 Å². The molecule has 0 atom stereocenters. The Hall–Kier alpha value is -2.92. The first-order valence-corrected chi connectivity index (χ1v) is 12.1. The molecule has 9 nitrogen and oxygen atoms in total. The van der Waals surface area contributed by atoms with E-state index in [1.807, 2.05) is 6.92 Å². The number of hydrogen-bond donors (Lipinski definition) is 2. The molecule has 0 unspecified atom stereocenters. The maximum absolute atomic E-state index is 13.4. The molecule has 0 fully saturated rings. The van der Waals surface area contributed by atoms with Gasteiger partial charge in [0.2, 0.25) is 11.8 Å². The number of rotatable bonds is 5. The van der Waals surface area contributed by atoms with E-state index in [-0.39, 0.29) is 11.1 Å². The van der Waals surface area contributed by atoms with Crippen molar-refractivity contribution in [3.05, 3.63) is 61.7 Å². The molecule has 2 N–H and O–H groups in total. The van der Waals surface area contributed by atoms with Crippen molar-refractivity contribution in [1.82, 2.24) is 19.1 Å². The number of nitrogens with zero attached hydrogens (tertiary/aromatic N) is 4. The summed E-state index contributed by atoms with van der Waals surface area (Å²) in [6, 6.07) is 6.88. The molecule has 4 heterocycles. The van der Waals surface area contributed by atoms with Gasteiger partial charge >= 0.3 is 0 Å². The van der Waals surface area contributed by atoms with Crippen LogP contribution in [0.15, 0.2) is 44.2 Å². The molecule has 2 aliphatic heterocycles. The molecule has 0 saturated heterocycles. The molecule has 0 aliphatic carbocycles. The Morgan fingerprint density at radius 1 is 0.938 bits per heavy atom. The Balaban J connectivity index is 1.78. The minimum absolute atomic E-state index is 0.0548. The SMILES string of the molecule is CCOc1ccc(C(c2c(O)nc3n(c2=O)CCS3)c2c(O)nc3n(c2=O)CCS3)cc1. The summed E-state index contributed by atoms with van der Waals surface area (Å²) in [4.78, 5) is 35.2. The van der Waals surface area contributed by atoms with Crippen molar-refractivity contribution in [3.8, 4) is 17.5 Å². The summed E-state index contributed by atoms with van der Waals surface area (Å²) in [5.74, 6) is 0.0251. The predicted octanol–water partition coefficient (Wildman–Crippen LogP) is 2.00. The Labute approximate surface area is 191 Å². The monoisotopic (exact) mass is 472 g/mol. The van der Waals surface area contributed by atoms with E-state index < -0.39 is 28.8 Å². The molecule has 1 aromatic carbocycles. The topological polar surface area (TPSA) is 119 Å². The van der Waals surface area contributed by atoms with Crippen molar-refractivity contribution in [1.29, 1.82) is 0 Å². The largest absolute Gasteiger partial charge is 0.494 e. The second-order valence-corrected chi connectivity index (χ2v) is 9.43. The van der Waals surface area contributed by atoms with Crippen LogP contribution in [0.1, 0.15) is 29.5 Å². The fourth-order valence-electron chi connectivity index (χ4n) is 4.06. The van der Waals surface area contributed by atoms with Gasteiger partial charge in [-0.05, 0) is 24.6 Å². The maximum atomic E-state index is 13.4. The normalized spacial score (nSPS) is 14.6. The van der Waals surface area contributed by atoms with Gasteiger partial charge in [-0.1, -0.05) is 35.7 Å². The third-order valence-electron chi connectivity index (χ3n) is 5.49. The van der Waals surface area contributed by atoms with Crippen LogP contribution >= 0.6 is 23.5 Å². The van der Waals surface area contributed by atoms with Crippen LogP contribution in [0.4, 0.5) is 0 Å². The molecule has 3 aromatic rings. The highest BCUT2D eigenvalue weighted by molar-refractivity contribution is 7.99. The molecule has 166 valence electrons. The van der Waals surface area contributed by atoms with Gasteiger partial charge in [-0.15, -0.1) is 0 Å². The highest BCUT2D eigenvalue weighted by atomic mass is 32.2. The number of aromatic hydroxyl groups is 2. The highest BCUT2D eigenvalue weighted by Gasteiger charge is 2.34. The van der Waals surface area contributed by atoms with Crippen LogP contribution < -0.4 is 15.9 Å². The van der Waals surface area contributed by atoms with Crippen molar-refractivity contribution < 1.29 is 14.9 Å². The number of hydrogen-bond acceptors (Lipinski definition) is 9. The molecule has 0 saturated carbocycles. The molecule has 2 aromatic heterocycles. The van der Waals surface area contributed by atoms with Crippen molar-refractivity contribution in [3.63, 3.8) is 0 Å². The van der Waals surface area contributed by atoms with Gasteiger partial charge in [0.05, 0.1) is 23.7 Å². The van der Waals surface area contributed by atoms with Gasteiger partial charge in [0, 0.05) is 24.6 Å². The molecule has 11 heteroatoms. The van der Waals surface area contributed by atoms with Crippen molar-refractivity contribution in [2.75, 3.05) is 18.1 Å². The summed E-state index contributed by atoms with van der Waals surface area (Å²) in [5.41, 5.74) is -0.444. The minimum atomic E-state index is -1.04. The second-order valence-electron chi connectivity index (χ2n) is 7.31.